The first-order valence-corrected chi connectivity index (χ1v) is 10.2. The Kier molecular flexibility index (Phi) is 6.38. The second-order valence-electron chi connectivity index (χ2n) is 6.26. The molecule has 0 saturated carbocycles. The lowest BCUT2D eigenvalue weighted by Crippen LogP contribution is -2.23. The Morgan fingerprint density at radius 3 is 2.76 bits per heavy atom. The Hall–Kier alpha value is -3.07. The van der Waals surface area contributed by atoms with E-state index < -0.39 is 5.97 Å². The number of ether oxygens (including phenoxy) is 1. The van der Waals surface area contributed by atoms with Crippen molar-refractivity contribution in [3.8, 4) is 0 Å². The molecular weight excluding hydrogens is 392 g/mol. The fourth-order valence-electron chi connectivity index (χ4n) is 2.90. The highest BCUT2D eigenvalue weighted by molar-refractivity contribution is 7.99. The summed E-state index contributed by atoms with van der Waals surface area (Å²) in [6.07, 6.45) is 0. The van der Waals surface area contributed by atoms with Gasteiger partial charge in [-0.25, -0.2) is 9.78 Å². The first kappa shape index (κ1) is 20.7. The van der Waals surface area contributed by atoms with Crippen LogP contribution in [0.2, 0.25) is 0 Å². The minimum atomic E-state index is -0.495. The van der Waals surface area contributed by atoms with Crippen LogP contribution in [0.5, 0.6) is 0 Å². The van der Waals surface area contributed by atoms with E-state index in [1.807, 2.05) is 13.8 Å². The molecule has 0 spiro atoms. The number of thioether (sulfide) groups is 1. The van der Waals surface area contributed by atoms with Gasteiger partial charge >= 0.3 is 5.97 Å². The molecule has 152 valence electrons. The number of benzene rings is 1. The molecule has 0 saturated heterocycles. The number of amides is 1. The van der Waals surface area contributed by atoms with E-state index in [1.54, 1.807) is 37.3 Å². The van der Waals surface area contributed by atoms with E-state index in [-0.39, 0.29) is 23.8 Å². The average molecular weight is 414 g/mol. The zero-order chi connectivity index (χ0) is 21.0. The van der Waals surface area contributed by atoms with Crippen LogP contribution < -0.4 is 10.9 Å². The van der Waals surface area contributed by atoms with Crippen LogP contribution in [0.4, 0.5) is 5.69 Å². The Labute approximate surface area is 171 Å². The Morgan fingerprint density at radius 1 is 1.28 bits per heavy atom. The molecule has 3 rings (SSSR count). The number of fused-ring (bicyclic) bond motifs is 1. The van der Waals surface area contributed by atoms with Crippen LogP contribution in [0.1, 0.15) is 29.9 Å². The van der Waals surface area contributed by atoms with Gasteiger partial charge in [0.05, 0.1) is 29.1 Å². The number of hydrogen-bond donors (Lipinski definition) is 2. The lowest BCUT2D eigenvalue weighted by Gasteiger charge is -2.11. The van der Waals surface area contributed by atoms with Crippen LogP contribution in [0.15, 0.2) is 40.3 Å². The van der Waals surface area contributed by atoms with Crippen LogP contribution in [0.3, 0.4) is 0 Å². The predicted molar refractivity (Wildman–Crippen MR) is 113 cm³/mol. The van der Waals surface area contributed by atoms with E-state index in [0.29, 0.717) is 34.0 Å². The van der Waals surface area contributed by atoms with Crippen molar-refractivity contribution in [2.75, 3.05) is 17.7 Å². The Bertz CT molecular complexity index is 1120. The van der Waals surface area contributed by atoms with Crippen molar-refractivity contribution in [3.05, 3.63) is 51.9 Å². The van der Waals surface area contributed by atoms with Crippen molar-refractivity contribution in [1.82, 2.24) is 14.5 Å². The molecule has 3 aromatic rings. The van der Waals surface area contributed by atoms with Gasteiger partial charge in [-0.05, 0) is 39.0 Å². The van der Waals surface area contributed by atoms with Gasteiger partial charge in [0.2, 0.25) is 5.91 Å². The number of para-hydroxylation sites is 1. The van der Waals surface area contributed by atoms with E-state index in [0.717, 1.165) is 5.69 Å². The summed E-state index contributed by atoms with van der Waals surface area (Å²) in [7, 11) is 0. The van der Waals surface area contributed by atoms with Crippen LogP contribution in [0, 0.1) is 6.92 Å². The third kappa shape index (κ3) is 4.51. The number of rotatable bonds is 7. The Balaban J connectivity index is 1.77. The number of carbonyl (C=O) groups excluding carboxylic acids is 2. The SMILES string of the molecule is CCOC(=O)c1ccccc1NC(=O)CSc1nc2cc(C)[nH]c2c(=O)n1CC. The van der Waals surface area contributed by atoms with Gasteiger partial charge < -0.3 is 15.0 Å². The van der Waals surface area contributed by atoms with Gasteiger partial charge in [-0.15, -0.1) is 0 Å². The molecular formula is C20H22N4O4S. The van der Waals surface area contributed by atoms with Gasteiger partial charge in [-0.2, -0.15) is 0 Å². The minimum absolute atomic E-state index is 0.0402. The van der Waals surface area contributed by atoms with E-state index in [1.165, 1.54) is 16.3 Å². The molecule has 0 radical (unpaired) electrons. The summed E-state index contributed by atoms with van der Waals surface area (Å²) >= 11 is 1.17. The van der Waals surface area contributed by atoms with Crippen molar-refractivity contribution < 1.29 is 14.3 Å². The molecule has 0 bridgehead atoms. The molecule has 0 aliphatic carbocycles. The standard InChI is InChI=1S/C20H22N4O4S/c1-4-24-18(26)17-15(10-12(3)21-17)23-20(24)29-11-16(25)22-14-9-7-6-8-13(14)19(27)28-5-2/h6-10,21H,4-5,11H2,1-3H3,(H,22,25). The number of carbonyl (C=O) groups is 2. The number of anilines is 1. The summed E-state index contributed by atoms with van der Waals surface area (Å²) in [4.78, 5) is 44.7. The number of H-pyrrole nitrogens is 1. The number of esters is 1. The second-order valence-corrected chi connectivity index (χ2v) is 7.20. The molecule has 8 nitrogen and oxygen atoms in total. The molecule has 2 heterocycles. The molecule has 9 heteroatoms. The summed E-state index contributed by atoms with van der Waals surface area (Å²) in [6, 6.07) is 8.47. The van der Waals surface area contributed by atoms with Gasteiger partial charge in [-0.3, -0.25) is 14.2 Å². The average Bonchev–Trinajstić information content (AvgIpc) is 3.07. The number of hydrogen-bond acceptors (Lipinski definition) is 6. The largest absolute Gasteiger partial charge is 0.462 e. The van der Waals surface area contributed by atoms with Gasteiger partial charge in [0.1, 0.15) is 5.52 Å². The smallest absolute Gasteiger partial charge is 0.340 e. The number of aromatic nitrogens is 3. The third-order valence-electron chi connectivity index (χ3n) is 4.18. The van der Waals surface area contributed by atoms with Crippen molar-refractivity contribution in [1.29, 1.82) is 0 Å². The first-order valence-electron chi connectivity index (χ1n) is 9.23. The van der Waals surface area contributed by atoms with Crippen LogP contribution in [0.25, 0.3) is 11.0 Å². The number of aromatic amines is 1. The van der Waals surface area contributed by atoms with Crippen molar-refractivity contribution in [2.24, 2.45) is 0 Å². The maximum absolute atomic E-state index is 12.6. The number of nitrogens with zero attached hydrogens (tertiary/aromatic N) is 2. The van der Waals surface area contributed by atoms with Gasteiger partial charge in [0.25, 0.3) is 5.56 Å². The zero-order valence-corrected chi connectivity index (χ0v) is 17.3. The summed E-state index contributed by atoms with van der Waals surface area (Å²) in [5, 5.41) is 3.20. The summed E-state index contributed by atoms with van der Waals surface area (Å²) in [6.45, 7) is 6.12. The molecule has 1 amide bonds. The summed E-state index contributed by atoms with van der Waals surface area (Å²) < 4.78 is 6.55. The molecule has 0 aliphatic heterocycles. The fourth-order valence-corrected chi connectivity index (χ4v) is 3.76. The second kappa shape index (κ2) is 8.95. The Morgan fingerprint density at radius 2 is 2.03 bits per heavy atom. The van der Waals surface area contributed by atoms with Gasteiger partial charge in [-0.1, -0.05) is 23.9 Å². The predicted octanol–water partition coefficient (Wildman–Crippen LogP) is 2.96. The van der Waals surface area contributed by atoms with Crippen LogP contribution in [-0.4, -0.2) is 38.8 Å². The summed E-state index contributed by atoms with van der Waals surface area (Å²) in [5.74, 6) is -0.766. The lowest BCUT2D eigenvalue weighted by molar-refractivity contribution is -0.113. The molecule has 0 atom stereocenters. The van der Waals surface area contributed by atoms with Crippen molar-refractivity contribution in [2.45, 2.75) is 32.5 Å². The maximum atomic E-state index is 12.6. The quantitative estimate of drug-likeness (QED) is 0.350. The van der Waals surface area contributed by atoms with Crippen molar-refractivity contribution >= 4 is 40.4 Å². The van der Waals surface area contributed by atoms with Gasteiger partial charge in [0.15, 0.2) is 5.16 Å². The normalized spacial score (nSPS) is 10.9. The minimum Gasteiger partial charge on any atom is -0.462 e. The van der Waals surface area contributed by atoms with E-state index >= 15 is 0 Å². The molecule has 2 aromatic heterocycles. The first-order chi connectivity index (χ1) is 13.9. The molecule has 2 N–H and O–H groups in total. The molecule has 0 fully saturated rings. The molecule has 29 heavy (non-hydrogen) atoms. The highest BCUT2D eigenvalue weighted by Crippen LogP contribution is 2.20. The monoisotopic (exact) mass is 414 g/mol. The molecule has 0 unspecified atom stereocenters. The highest BCUT2D eigenvalue weighted by Gasteiger charge is 2.16. The van der Waals surface area contributed by atoms with Crippen LogP contribution in [-0.2, 0) is 16.1 Å². The number of nitrogens with one attached hydrogen (secondary N) is 2. The molecule has 0 aliphatic rings. The maximum Gasteiger partial charge on any atom is 0.340 e. The van der Waals surface area contributed by atoms with Crippen LogP contribution >= 0.6 is 11.8 Å². The van der Waals surface area contributed by atoms with Crippen molar-refractivity contribution in [3.63, 3.8) is 0 Å². The zero-order valence-electron chi connectivity index (χ0n) is 16.4. The molecule has 1 aromatic carbocycles. The highest BCUT2D eigenvalue weighted by atomic mass is 32.2. The lowest BCUT2D eigenvalue weighted by atomic mass is 10.2. The third-order valence-corrected chi connectivity index (χ3v) is 5.16. The topological polar surface area (TPSA) is 106 Å². The summed E-state index contributed by atoms with van der Waals surface area (Å²) in [5.41, 5.74) is 2.40. The fraction of sp³-hybridized carbons (Fsp3) is 0.300. The van der Waals surface area contributed by atoms with Gasteiger partial charge in [0, 0.05) is 12.2 Å². The van der Waals surface area contributed by atoms with E-state index in [4.69, 9.17) is 4.74 Å². The number of aryl methyl sites for hydroxylation is 1. The van der Waals surface area contributed by atoms with E-state index in [9.17, 15) is 14.4 Å². The van der Waals surface area contributed by atoms with E-state index in [2.05, 4.69) is 15.3 Å².